The highest BCUT2D eigenvalue weighted by molar-refractivity contribution is 6.32. The van der Waals surface area contributed by atoms with Crippen LogP contribution in [0.5, 0.6) is 0 Å². The van der Waals surface area contributed by atoms with Gasteiger partial charge in [-0.2, -0.15) is 0 Å². The molecule has 0 unspecified atom stereocenters. The van der Waals surface area contributed by atoms with Gasteiger partial charge in [0, 0.05) is 134 Å². The molecule has 0 saturated carbocycles. The maximum Gasteiger partial charge on any atom is 0.137 e. The molecule has 0 aliphatic heterocycles. The van der Waals surface area contributed by atoms with E-state index in [4.69, 9.17) is 40.9 Å². The van der Waals surface area contributed by atoms with Crippen molar-refractivity contribution in [2.45, 2.75) is 113 Å². The first-order chi connectivity index (χ1) is 71.0. The summed E-state index contributed by atoms with van der Waals surface area (Å²) in [5, 5.41) is 13.7. The van der Waals surface area contributed by atoms with Crippen LogP contribution in [0.25, 0.3) is 177 Å². The van der Waals surface area contributed by atoms with Crippen molar-refractivity contribution in [3.8, 4) is 89.0 Å². The fourth-order valence-corrected chi connectivity index (χ4v) is 21.8. The van der Waals surface area contributed by atoms with Crippen LogP contribution in [0.3, 0.4) is 0 Å². The number of benzene rings is 20. The molecule has 0 spiro atoms. The number of hydrogen-bond acceptors (Lipinski definition) is 7. The quantitative estimate of drug-likeness (QED) is 0.103. The van der Waals surface area contributed by atoms with Crippen LogP contribution >= 0.6 is 23.2 Å². The highest BCUT2D eigenvalue weighted by atomic mass is 35.5. The number of rotatable bonds is 16. The van der Waals surface area contributed by atoms with Crippen molar-refractivity contribution in [2.24, 2.45) is 0 Å². The van der Waals surface area contributed by atoms with E-state index in [2.05, 4.69) is 468 Å². The molecule has 0 fully saturated rings. The molecule has 7 nitrogen and oxygen atoms in total. The zero-order valence-electron chi connectivity index (χ0n) is 84.2. The van der Waals surface area contributed by atoms with E-state index in [9.17, 15) is 0 Å². The standard InChI is InChI=1S/C79H60N2O2.C27H16Cl2O2.C26H23N.C5H12/c1-49-17-31-63(41-51(49)3)80(61-33-27-59(28-34-61)57-23-19-55(20-24-57)53-13-9-7-10-14-53)65-37-39-67-71-45-73-69(47-77(71)82-75(67)43-65)70-48-78-72(46-74(70)79(73,5)6)68-40-38-66(44-76(68)83-78)81(64-32-18-50(2)52(4)42-64)62-35-29-60(30-36-62)58-25-21-56(22-26-58)54-15-11-8-12-16-54;1-27(2)21-9-19-15-5-3-13(28)7-23(15)30-25(19)11-17(21)18-12-26-20(10-22(18)27)16-6-4-14(29)8-24(16)31-26;1-19-8-15-26(18-20(19)2)27-25-16-13-24(14-17-25)23-11-9-22(10-12-23)21-6-4-3-5-7-21;1-3-5-4-2/h7-48H,1-6H3;3-12H,1-2H3;3-18,27H,1-2H3;3-5H2,1-2H3. The molecule has 20 aromatic carbocycles. The summed E-state index contributed by atoms with van der Waals surface area (Å²) in [7, 11) is 0. The predicted molar refractivity (Wildman–Crippen MR) is 619 cm³/mol. The van der Waals surface area contributed by atoms with Gasteiger partial charge in [0.2, 0.25) is 0 Å². The highest BCUT2D eigenvalue weighted by Gasteiger charge is 2.40. The van der Waals surface area contributed by atoms with E-state index in [1.54, 1.807) is 0 Å². The van der Waals surface area contributed by atoms with Crippen LogP contribution in [0.4, 0.5) is 45.5 Å². The van der Waals surface area contributed by atoms with Crippen LogP contribution < -0.4 is 15.1 Å². The Balaban J connectivity index is 0.000000150. The minimum atomic E-state index is -0.271. The van der Waals surface area contributed by atoms with Crippen molar-refractivity contribution < 1.29 is 17.7 Å². The Morgan fingerprint density at radius 2 is 0.445 bits per heavy atom. The van der Waals surface area contributed by atoms with Gasteiger partial charge >= 0.3 is 0 Å². The maximum atomic E-state index is 6.94. The summed E-state index contributed by atoms with van der Waals surface area (Å²) in [6.07, 6.45) is 4.08. The van der Waals surface area contributed by atoms with Crippen LogP contribution in [-0.4, -0.2) is 0 Å². The third-order valence-corrected chi connectivity index (χ3v) is 30.7. The molecular formula is C137H111Cl2N3O4. The van der Waals surface area contributed by atoms with Crippen LogP contribution in [0.1, 0.15) is 116 Å². The molecule has 0 radical (unpaired) electrons. The molecule has 24 aromatic rings. The molecule has 0 atom stereocenters. The molecule has 9 heteroatoms. The highest BCUT2D eigenvalue weighted by Crippen LogP contribution is 2.56. The first-order valence-electron chi connectivity index (χ1n) is 50.7. The average Bonchev–Trinajstić information content (AvgIpc) is 1.55. The Morgan fingerprint density at radius 3 is 0.733 bits per heavy atom. The number of unbranched alkanes of at least 4 members (excludes halogenated alkanes) is 2. The van der Waals surface area contributed by atoms with Crippen LogP contribution in [-0.2, 0) is 10.8 Å². The Labute approximate surface area is 863 Å². The number of halogens is 2. The smallest absolute Gasteiger partial charge is 0.137 e. The number of anilines is 8. The molecule has 4 heterocycles. The molecule has 26 rings (SSSR count). The topological polar surface area (TPSA) is 71.1 Å². The second-order valence-corrected chi connectivity index (χ2v) is 41.2. The van der Waals surface area contributed by atoms with E-state index in [-0.39, 0.29) is 10.8 Å². The van der Waals surface area contributed by atoms with Crippen molar-refractivity contribution in [1.82, 2.24) is 0 Å². The Kier molecular flexibility index (Phi) is 24.5. The number of nitrogens with zero attached hydrogens (tertiary/aromatic N) is 2. The lowest BCUT2D eigenvalue weighted by atomic mass is 9.81. The molecule has 2 aliphatic carbocycles. The van der Waals surface area contributed by atoms with Gasteiger partial charge in [-0.05, 0) is 356 Å². The van der Waals surface area contributed by atoms with Crippen molar-refractivity contribution in [3.05, 3.63) is 478 Å². The molecule has 4 aromatic heterocycles. The van der Waals surface area contributed by atoms with Crippen LogP contribution in [0, 0.1) is 41.5 Å². The van der Waals surface area contributed by atoms with Crippen LogP contribution in [0.15, 0.2) is 430 Å². The summed E-state index contributed by atoms with van der Waals surface area (Å²) in [6, 6.07) is 148. The van der Waals surface area contributed by atoms with Gasteiger partial charge in [0.05, 0.1) is 0 Å². The second-order valence-electron chi connectivity index (χ2n) is 40.4. The molecule has 0 amide bonds. The van der Waals surface area contributed by atoms with Gasteiger partial charge in [0.25, 0.3) is 0 Å². The SMILES string of the molecule is CC1(C)c2cc3c(cc2-c2cc4oc5cc(Cl)ccc5c4cc21)oc1cc(Cl)ccc13.CCCCC.Cc1ccc(N(c2ccc(-c3ccc(-c4ccccc4)cc3)cc2)c2ccc3c(c2)oc2cc4c(cc23)C(C)(C)c2cc3c(cc2-4)oc2cc(N(c4ccc(-c5ccc(-c6ccccc6)cc5)cc4)c4ccc(C)c(C)c4)ccc23)cc1C.Cc1ccc(Nc2ccc(-c3ccc(-c4ccccc4)cc3)cc2)cc1C. The molecular weight excluding hydrogens is 1820 g/mol. The van der Waals surface area contributed by atoms with Gasteiger partial charge in [-0.25, -0.2) is 0 Å². The van der Waals surface area contributed by atoms with Crippen molar-refractivity contribution in [3.63, 3.8) is 0 Å². The second kappa shape index (κ2) is 38.4. The molecule has 2 aliphatic rings. The van der Waals surface area contributed by atoms with Gasteiger partial charge < -0.3 is 32.8 Å². The van der Waals surface area contributed by atoms with Crippen LogP contribution in [0.2, 0.25) is 10.0 Å². The molecule has 0 bridgehead atoms. The maximum absolute atomic E-state index is 6.94. The van der Waals surface area contributed by atoms with E-state index in [1.165, 1.54) is 164 Å². The van der Waals surface area contributed by atoms with Gasteiger partial charge in [0.15, 0.2) is 0 Å². The van der Waals surface area contributed by atoms with Crippen molar-refractivity contribution >= 4 is 156 Å². The van der Waals surface area contributed by atoms with Gasteiger partial charge in [-0.1, -0.05) is 302 Å². The van der Waals surface area contributed by atoms with E-state index < -0.39 is 0 Å². The summed E-state index contributed by atoms with van der Waals surface area (Å²) in [5.41, 5.74) is 47.1. The molecule has 712 valence electrons. The third kappa shape index (κ3) is 17.6. The third-order valence-electron chi connectivity index (χ3n) is 30.2. The summed E-state index contributed by atoms with van der Waals surface area (Å²) < 4.78 is 26.2. The largest absolute Gasteiger partial charge is 0.456 e. The van der Waals surface area contributed by atoms with E-state index in [0.29, 0.717) is 10.0 Å². The summed E-state index contributed by atoms with van der Waals surface area (Å²) >= 11 is 12.4. The molecule has 1 N–H and O–H groups in total. The lowest BCUT2D eigenvalue weighted by Gasteiger charge is -2.26. The Bertz CT molecular complexity index is 8670. The predicted octanol–water partition coefficient (Wildman–Crippen LogP) is 41.3. The van der Waals surface area contributed by atoms with Crippen molar-refractivity contribution in [1.29, 1.82) is 0 Å². The lowest BCUT2D eigenvalue weighted by molar-refractivity contribution is 0.655. The number of nitrogens with one attached hydrogen (secondary N) is 1. The lowest BCUT2D eigenvalue weighted by Crippen LogP contribution is -2.14. The van der Waals surface area contributed by atoms with Gasteiger partial charge in [-0.3, -0.25) is 0 Å². The zero-order chi connectivity index (χ0) is 99.9. The van der Waals surface area contributed by atoms with E-state index >= 15 is 0 Å². The Morgan fingerprint density at radius 1 is 0.212 bits per heavy atom. The number of fused-ring (bicyclic) bond motifs is 18. The van der Waals surface area contributed by atoms with Gasteiger partial charge in [-0.15, -0.1) is 0 Å². The van der Waals surface area contributed by atoms with Crippen molar-refractivity contribution in [2.75, 3.05) is 15.1 Å². The molecule has 0 saturated heterocycles. The summed E-state index contributed by atoms with van der Waals surface area (Å²) in [6.45, 7) is 26.7. The van der Waals surface area contributed by atoms with Gasteiger partial charge in [0.1, 0.15) is 44.7 Å². The minimum Gasteiger partial charge on any atom is -0.456 e. The monoisotopic (exact) mass is 1930 g/mol. The Hall–Kier alpha value is -16.4. The molecule has 146 heavy (non-hydrogen) atoms. The number of furan rings is 4. The minimum absolute atomic E-state index is 0.140. The first kappa shape index (κ1) is 93.2. The number of aryl methyl sites for hydroxylation is 6. The fourth-order valence-electron chi connectivity index (χ4n) is 21.5. The van der Waals surface area contributed by atoms with E-state index in [1.807, 2.05) is 42.5 Å². The van der Waals surface area contributed by atoms with E-state index in [0.717, 1.165) is 133 Å². The normalized spacial score (nSPS) is 12.5. The first-order valence-corrected chi connectivity index (χ1v) is 51.5. The number of hydrogen-bond donors (Lipinski definition) is 1. The average molecular weight is 1930 g/mol. The summed E-state index contributed by atoms with van der Waals surface area (Å²) in [4.78, 5) is 4.68. The zero-order valence-corrected chi connectivity index (χ0v) is 85.7. The summed E-state index contributed by atoms with van der Waals surface area (Å²) in [5.74, 6) is 0. The fraction of sp³-hybridized carbons (Fsp3) is 0.124.